The van der Waals surface area contributed by atoms with E-state index in [4.69, 9.17) is 0 Å². The number of anilines is 1. The van der Waals surface area contributed by atoms with E-state index in [9.17, 15) is 19.5 Å². The summed E-state index contributed by atoms with van der Waals surface area (Å²) in [7, 11) is -0.435. The monoisotopic (exact) mass is 392 g/mol. The molecule has 0 aliphatic carbocycles. The zero-order valence-corrected chi connectivity index (χ0v) is 15.5. The number of nitrogens with one attached hydrogen (secondary N) is 1. The largest absolute Gasteiger partial charge is 0.477 e. The van der Waals surface area contributed by atoms with E-state index in [0.29, 0.717) is 11.2 Å². The summed E-state index contributed by atoms with van der Waals surface area (Å²) >= 11 is 0. The summed E-state index contributed by atoms with van der Waals surface area (Å²) in [4.78, 5) is 37.7. The van der Waals surface area contributed by atoms with Crippen molar-refractivity contribution in [2.75, 3.05) is 5.32 Å². The van der Waals surface area contributed by atoms with Crippen molar-refractivity contribution in [2.45, 2.75) is 4.90 Å². The quantitative estimate of drug-likeness (QED) is 0.584. The Labute approximate surface area is 162 Å². The molecule has 0 radical (unpaired) electrons. The SMILES string of the molecule is O=C(O)c1cn(C(=O)Nc2ccc([SH]3C=CC=C3)cc2)c2ccccc2c1=O. The van der Waals surface area contributed by atoms with Gasteiger partial charge in [0.25, 0.3) is 0 Å². The second kappa shape index (κ2) is 7.21. The Morgan fingerprint density at radius 1 is 0.964 bits per heavy atom. The highest BCUT2D eigenvalue weighted by atomic mass is 32.2. The lowest BCUT2D eigenvalue weighted by molar-refractivity contribution is 0.0695. The molecule has 1 aromatic heterocycles. The Morgan fingerprint density at radius 3 is 2.32 bits per heavy atom. The van der Waals surface area contributed by atoms with Gasteiger partial charge in [-0.3, -0.25) is 9.36 Å². The number of carboxylic acid groups (broad SMARTS) is 1. The van der Waals surface area contributed by atoms with Crippen LogP contribution in [0.3, 0.4) is 0 Å². The topological polar surface area (TPSA) is 88.4 Å². The number of para-hydroxylation sites is 1. The standard InChI is InChI=1S/C21H16N2O4S/c24-19-16-5-1-2-6-18(16)23(13-17(19)20(25)26)21(27)22-14-7-9-15(10-8-14)28-11-3-4-12-28/h1-13,28H,(H,22,27)(H,25,26). The summed E-state index contributed by atoms with van der Waals surface area (Å²) in [5.41, 5.74) is -0.143. The van der Waals surface area contributed by atoms with Gasteiger partial charge >= 0.3 is 12.0 Å². The minimum Gasteiger partial charge on any atom is -0.477 e. The average molecular weight is 392 g/mol. The molecule has 1 aliphatic rings. The number of benzene rings is 2. The molecule has 0 spiro atoms. The summed E-state index contributed by atoms with van der Waals surface area (Å²) in [6.45, 7) is 0. The summed E-state index contributed by atoms with van der Waals surface area (Å²) in [6, 6.07) is 13.4. The van der Waals surface area contributed by atoms with Gasteiger partial charge < -0.3 is 10.4 Å². The van der Waals surface area contributed by atoms with Crippen molar-refractivity contribution in [1.29, 1.82) is 0 Å². The number of fused-ring (bicyclic) bond motifs is 1. The molecule has 0 fully saturated rings. The highest BCUT2D eigenvalue weighted by molar-refractivity contribution is 8.22. The summed E-state index contributed by atoms with van der Waals surface area (Å²) < 4.78 is 1.15. The van der Waals surface area contributed by atoms with Gasteiger partial charge in [-0.05, 0) is 52.1 Å². The van der Waals surface area contributed by atoms with Crippen molar-refractivity contribution in [3.63, 3.8) is 0 Å². The number of nitrogens with zero attached hydrogens (tertiary/aromatic N) is 1. The van der Waals surface area contributed by atoms with Crippen molar-refractivity contribution < 1.29 is 14.7 Å². The van der Waals surface area contributed by atoms with Crippen LogP contribution in [0.1, 0.15) is 10.4 Å². The van der Waals surface area contributed by atoms with E-state index in [2.05, 4.69) is 16.1 Å². The zero-order chi connectivity index (χ0) is 19.7. The van der Waals surface area contributed by atoms with Gasteiger partial charge in [-0.25, -0.2) is 9.59 Å². The van der Waals surface area contributed by atoms with E-state index in [1.165, 1.54) is 11.0 Å². The molecule has 28 heavy (non-hydrogen) atoms. The second-order valence-electron chi connectivity index (χ2n) is 6.13. The number of pyridine rings is 1. The van der Waals surface area contributed by atoms with Gasteiger partial charge in [-0.2, -0.15) is 10.9 Å². The third-order valence-corrected chi connectivity index (χ3v) is 6.26. The third kappa shape index (κ3) is 3.23. The van der Waals surface area contributed by atoms with Crippen LogP contribution in [0.15, 0.2) is 87.4 Å². The van der Waals surface area contributed by atoms with Crippen LogP contribution in [0.5, 0.6) is 0 Å². The van der Waals surface area contributed by atoms with E-state index < -0.39 is 33.9 Å². The second-order valence-corrected chi connectivity index (χ2v) is 8.06. The third-order valence-electron chi connectivity index (χ3n) is 4.38. The molecule has 4 rings (SSSR count). The normalized spacial score (nSPS) is 13.8. The fourth-order valence-corrected chi connectivity index (χ4v) is 4.51. The number of amides is 1. The highest BCUT2D eigenvalue weighted by Crippen LogP contribution is 2.42. The lowest BCUT2D eigenvalue weighted by Crippen LogP contribution is -2.25. The number of allylic oxidation sites excluding steroid dienone is 2. The van der Waals surface area contributed by atoms with Gasteiger partial charge in [-0.1, -0.05) is 24.3 Å². The first-order valence-electron chi connectivity index (χ1n) is 8.47. The fourth-order valence-electron chi connectivity index (χ4n) is 3.01. The lowest BCUT2D eigenvalue weighted by atomic mass is 10.1. The number of thiol groups is 1. The maximum absolute atomic E-state index is 12.8. The summed E-state index contributed by atoms with van der Waals surface area (Å²) in [6.07, 6.45) is 5.10. The van der Waals surface area contributed by atoms with Crippen LogP contribution >= 0.6 is 10.9 Å². The van der Waals surface area contributed by atoms with Crippen molar-refractivity contribution in [2.24, 2.45) is 0 Å². The molecule has 2 heterocycles. The molecule has 0 unspecified atom stereocenters. The number of hydrogen-bond donors (Lipinski definition) is 3. The van der Waals surface area contributed by atoms with Crippen LogP contribution in [-0.4, -0.2) is 21.7 Å². The molecule has 7 heteroatoms. The lowest BCUT2D eigenvalue weighted by Gasteiger charge is -2.14. The number of carboxylic acids is 1. The fraction of sp³-hybridized carbons (Fsp3) is 0. The predicted octanol–water partition coefficient (Wildman–Crippen LogP) is 4.18. The minimum atomic E-state index is -1.37. The van der Waals surface area contributed by atoms with Crippen molar-refractivity contribution in [3.05, 3.63) is 93.5 Å². The molecule has 0 bridgehead atoms. The summed E-state index contributed by atoms with van der Waals surface area (Å²) in [5.74, 6) is -1.37. The number of carbonyl (C=O) groups is 2. The van der Waals surface area contributed by atoms with Crippen LogP contribution in [0, 0.1) is 0 Å². The van der Waals surface area contributed by atoms with Crippen LogP contribution in [0.25, 0.3) is 10.9 Å². The average Bonchev–Trinajstić information content (AvgIpc) is 3.23. The van der Waals surface area contributed by atoms with Crippen LogP contribution in [0.4, 0.5) is 10.5 Å². The molecular formula is C21H16N2O4S. The molecule has 2 aromatic carbocycles. The Bertz CT molecular complexity index is 1200. The zero-order valence-electron chi connectivity index (χ0n) is 14.6. The predicted molar refractivity (Wildman–Crippen MR) is 112 cm³/mol. The Morgan fingerprint density at radius 2 is 1.64 bits per heavy atom. The molecule has 3 aromatic rings. The number of rotatable bonds is 3. The smallest absolute Gasteiger partial charge is 0.341 e. The maximum Gasteiger partial charge on any atom is 0.341 e. The van der Waals surface area contributed by atoms with Gasteiger partial charge in [0.15, 0.2) is 0 Å². The van der Waals surface area contributed by atoms with E-state index in [0.717, 1.165) is 10.8 Å². The number of hydrogen-bond acceptors (Lipinski definition) is 3. The van der Waals surface area contributed by atoms with Crippen molar-refractivity contribution >= 4 is 39.5 Å². The van der Waals surface area contributed by atoms with Gasteiger partial charge in [-0.15, -0.1) is 0 Å². The highest BCUT2D eigenvalue weighted by Gasteiger charge is 2.17. The summed E-state index contributed by atoms with van der Waals surface area (Å²) in [5, 5.41) is 16.5. The molecule has 0 atom stereocenters. The number of aromatic carboxylic acids is 1. The van der Waals surface area contributed by atoms with Gasteiger partial charge in [0, 0.05) is 17.3 Å². The number of carbonyl (C=O) groups excluding carboxylic acids is 1. The molecule has 2 N–H and O–H groups in total. The first-order valence-corrected chi connectivity index (χ1v) is 9.95. The first-order chi connectivity index (χ1) is 13.5. The first kappa shape index (κ1) is 17.8. The molecular weight excluding hydrogens is 376 g/mol. The van der Waals surface area contributed by atoms with Crippen molar-refractivity contribution in [1.82, 2.24) is 4.57 Å². The minimum absolute atomic E-state index is 0.176. The molecule has 140 valence electrons. The van der Waals surface area contributed by atoms with Crippen molar-refractivity contribution in [3.8, 4) is 0 Å². The Balaban J connectivity index is 1.68. The van der Waals surface area contributed by atoms with Gasteiger partial charge in [0.2, 0.25) is 5.43 Å². The van der Waals surface area contributed by atoms with E-state index in [1.54, 1.807) is 30.3 Å². The Hall–Kier alpha value is -3.58. The molecule has 1 amide bonds. The van der Waals surface area contributed by atoms with E-state index in [1.807, 2.05) is 24.3 Å². The van der Waals surface area contributed by atoms with E-state index in [-0.39, 0.29) is 5.39 Å². The van der Waals surface area contributed by atoms with E-state index >= 15 is 0 Å². The van der Waals surface area contributed by atoms with Gasteiger partial charge in [0.05, 0.1) is 5.52 Å². The molecule has 0 saturated carbocycles. The van der Waals surface area contributed by atoms with Gasteiger partial charge in [0.1, 0.15) is 5.56 Å². The van der Waals surface area contributed by atoms with Crippen LogP contribution < -0.4 is 10.7 Å². The molecule has 0 saturated heterocycles. The maximum atomic E-state index is 12.8. The van der Waals surface area contributed by atoms with Crippen LogP contribution in [-0.2, 0) is 0 Å². The molecule has 1 aliphatic heterocycles. The number of aromatic nitrogens is 1. The van der Waals surface area contributed by atoms with Crippen LogP contribution in [0.2, 0.25) is 0 Å². The molecule has 6 nitrogen and oxygen atoms in total. The Kier molecular flexibility index (Phi) is 4.58.